The van der Waals surface area contributed by atoms with Gasteiger partial charge in [0.15, 0.2) is 0 Å². The maximum absolute atomic E-state index is 12.2. The SMILES string of the molecule is Cc1ccc(OCCN(C)C(=O)CCc2nc3ccccc3[nH]2)cc1. The first kappa shape index (κ1) is 17.0. The Balaban J connectivity index is 1.43. The summed E-state index contributed by atoms with van der Waals surface area (Å²) in [6.45, 7) is 3.08. The second-order valence-electron chi connectivity index (χ2n) is 6.18. The topological polar surface area (TPSA) is 58.2 Å². The van der Waals surface area contributed by atoms with Crippen LogP contribution >= 0.6 is 0 Å². The van der Waals surface area contributed by atoms with Crippen molar-refractivity contribution in [1.82, 2.24) is 14.9 Å². The Bertz CT molecular complexity index is 807. The van der Waals surface area contributed by atoms with Gasteiger partial charge in [-0.3, -0.25) is 4.79 Å². The van der Waals surface area contributed by atoms with Crippen LogP contribution in [0.3, 0.4) is 0 Å². The molecule has 0 unspecified atom stereocenters. The first-order chi connectivity index (χ1) is 12.1. The van der Waals surface area contributed by atoms with Gasteiger partial charge in [-0.25, -0.2) is 4.98 Å². The number of nitrogens with one attached hydrogen (secondary N) is 1. The van der Waals surface area contributed by atoms with Crippen LogP contribution in [0.4, 0.5) is 0 Å². The van der Waals surface area contributed by atoms with E-state index in [-0.39, 0.29) is 5.91 Å². The number of fused-ring (bicyclic) bond motifs is 1. The number of carbonyl (C=O) groups excluding carboxylic acids is 1. The molecule has 0 saturated heterocycles. The van der Waals surface area contributed by atoms with E-state index in [1.165, 1.54) is 5.56 Å². The number of hydrogen-bond donors (Lipinski definition) is 1. The summed E-state index contributed by atoms with van der Waals surface area (Å²) in [7, 11) is 1.81. The highest BCUT2D eigenvalue weighted by Crippen LogP contribution is 2.12. The predicted octanol–water partition coefficient (Wildman–Crippen LogP) is 3.34. The fraction of sp³-hybridized carbons (Fsp3) is 0.300. The summed E-state index contributed by atoms with van der Waals surface area (Å²) in [6.07, 6.45) is 1.04. The fourth-order valence-electron chi connectivity index (χ4n) is 2.60. The van der Waals surface area contributed by atoms with E-state index in [4.69, 9.17) is 4.74 Å². The zero-order chi connectivity index (χ0) is 17.6. The normalized spacial score (nSPS) is 10.8. The van der Waals surface area contributed by atoms with Gasteiger partial charge in [0.25, 0.3) is 0 Å². The molecular formula is C20H23N3O2. The van der Waals surface area contributed by atoms with Crippen molar-refractivity contribution in [2.75, 3.05) is 20.2 Å². The lowest BCUT2D eigenvalue weighted by Gasteiger charge is -2.17. The van der Waals surface area contributed by atoms with Crippen LogP contribution in [0.1, 0.15) is 17.8 Å². The Kier molecular flexibility index (Phi) is 5.33. The Morgan fingerprint density at radius 2 is 1.92 bits per heavy atom. The zero-order valence-electron chi connectivity index (χ0n) is 14.7. The minimum atomic E-state index is 0.0907. The summed E-state index contributed by atoms with van der Waals surface area (Å²) in [5.41, 5.74) is 3.14. The van der Waals surface area contributed by atoms with Crippen molar-refractivity contribution in [3.63, 3.8) is 0 Å². The molecule has 2 aromatic carbocycles. The molecule has 0 saturated carbocycles. The number of ether oxygens (including phenoxy) is 1. The molecule has 1 amide bonds. The smallest absolute Gasteiger partial charge is 0.222 e. The molecule has 5 nitrogen and oxygen atoms in total. The van der Waals surface area contributed by atoms with Gasteiger partial charge in [0.05, 0.1) is 17.6 Å². The molecule has 3 rings (SSSR count). The molecule has 0 fully saturated rings. The number of amides is 1. The lowest BCUT2D eigenvalue weighted by Crippen LogP contribution is -2.31. The molecule has 0 spiro atoms. The van der Waals surface area contributed by atoms with Crippen molar-refractivity contribution in [2.45, 2.75) is 19.8 Å². The summed E-state index contributed by atoms with van der Waals surface area (Å²) in [6, 6.07) is 15.8. The molecule has 130 valence electrons. The summed E-state index contributed by atoms with van der Waals surface area (Å²) >= 11 is 0. The molecule has 5 heteroatoms. The Morgan fingerprint density at radius 1 is 1.16 bits per heavy atom. The quantitative estimate of drug-likeness (QED) is 0.719. The summed E-state index contributed by atoms with van der Waals surface area (Å²) in [5.74, 6) is 1.76. The van der Waals surface area contributed by atoms with Crippen molar-refractivity contribution in [3.05, 3.63) is 59.9 Å². The number of para-hydroxylation sites is 2. The molecule has 3 aromatic rings. The van der Waals surface area contributed by atoms with Gasteiger partial charge in [0, 0.05) is 19.9 Å². The van der Waals surface area contributed by atoms with E-state index >= 15 is 0 Å². The Labute approximate surface area is 147 Å². The molecule has 1 heterocycles. The van der Waals surface area contributed by atoms with E-state index in [0.29, 0.717) is 26.0 Å². The van der Waals surface area contributed by atoms with E-state index in [9.17, 15) is 4.79 Å². The first-order valence-corrected chi connectivity index (χ1v) is 8.49. The van der Waals surface area contributed by atoms with Crippen molar-refractivity contribution in [1.29, 1.82) is 0 Å². The van der Waals surface area contributed by atoms with Gasteiger partial charge >= 0.3 is 0 Å². The van der Waals surface area contributed by atoms with Crippen molar-refractivity contribution in [2.24, 2.45) is 0 Å². The molecule has 0 bridgehead atoms. The van der Waals surface area contributed by atoms with Crippen LogP contribution in [0.2, 0.25) is 0 Å². The third-order valence-corrected chi connectivity index (χ3v) is 4.16. The number of nitrogens with zero attached hydrogens (tertiary/aromatic N) is 2. The number of aromatic nitrogens is 2. The van der Waals surface area contributed by atoms with Gasteiger partial charge in [0.1, 0.15) is 18.2 Å². The standard InChI is InChI=1S/C20H23N3O2/c1-15-7-9-16(10-8-15)25-14-13-23(2)20(24)12-11-19-21-17-5-3-4-6-18(17)22-19/h3-10H,11-14H2,1-2H3,(H,21,22). The second kappa shape index (κ2) is 7.83. The number of hydrogen-bond acceptors (Lipinski definition) is 3. The first-order valence-electron chi connectivity index (χ1n) is 8.49. The van der Waals surface area contributed by atoms with Crippen molar-refractivity contribution >= 4 is 16.9 Å². The van der Waals surface area contributed by atoms with E-state index in [0.717, 1.165) is 22.6 Å². The third kappa shape index (κ3) is 4.59. The van der Waals surface area contributed by atoms with Crippen LogP contribution in [-0.2, 0) is 11.2 Å². The maximum atomic E-state index is 12.2. The van der Waals surface area contributed by atoms with Crippen LogP contribution < -0.4 is 4.74 Å². The third-order valence-electron chi connectivity index (χ3n) is 4.16. The van der Waals surface area contributed by atoms with Crippen molar-refractivity contribution in [3.8, 4) is 5.75 Å². The van der Waals surface area contributed by atoms with Gasteiger partial charge in [-0.2, -0.15) is 0 Å². The molecule has 25 heavy (non-hydrogen) atoms. The average Bonchev–Trinajstić information content (AvgIpc) is 3.04. The summed E-state index contributed by atoms with van der Waals surface area (Å²) in [4.78, 5) is 21.7. The number of aryl methyl sites for hydroxylation is 2. The number of carbonyl (C=O) groups is 1. The van der Waals surface area contributed by atoms with Crippen LogP contribution in [0.25, 0.3) is 11.0 Å². The second-order valence-corrected chi connectivity index (χ2v) is 6.18. The monoisotopic (exact) mass is 337 g/mol. The highest BCUT2D eigenvalue weighted by atomic mass is 16.5. The number of H-pyrrole nitrogens is 1. The molecule has 1 aromatic heterocycles. The summed E-state index contributed by atoms with van der Waals surface area (Å²) < 4.78 is 5.67. The van der Waals surface area contributed by atoms with Crippen LogP contribution in [0.15, 0.2) is 48.5 Å². The average molecular weight is 337 g/mol. The lowest BCUT2D eigenvalue weighted by molar-refractivity contribution is -0.130. The number of imidazole rings is 1. The van der Waals surface area contributed by atoms with Crippen LogP contribution in [0, 0.1) is 6.92 Å². The van der Waals surface area contributed by atoms with Gasteiger partial charge in [-0.05, 0) is 31.2 Å². The number of aromatic amines is 1. The Morgan fingerprint density at radius 3 is 2.68 bits per heavy atom. The van der Waals surface area contributed by atoms with Gasteiger partial charge in [-0.15, -0.1) is 0 Å². The minimum Gasteiger partial charge on any atom is -0.492 e. The number of likely N-dealkylation sites (N-methyl/N-ethyl adjacent to an activating group) is 1. The summed E-state index contributed by atoms with van der Waals surface area (Å²) in [5, 5.41) is 0. The van der Waals surface area contributed by atoms with Gasteiger partial charge in [0.2, 0.25) is 5.91 Å². The van der Waals surface area contributed by atoms with Gasteiger partial charge < -0.3 is 14.6 Å². The van der Waals surface area contributed by atoms with Crippen LogP contribution in [-0.4, -0.2) is 41.0 Å². The van der Waals surface area contributed by atoms with Crippen LogP contribution in [0.5, 0.6) is 5.75 Å². The van der Waals surface area contributed by atoms with Gasteiger partial charge in [-0.1, -0.05) is 29.8 Å². The van der Waals surface area contributed by atoms with E-state index in [1.54, 1.807) is 11.9 Å². The minimum absolute atomic E-state index is 0.0907. The molecule has 1 N–H and O–H groups in total. The molecule has 0 atom stereocenters. The molecule has 0 radical (unpaired) electrons. The van der Waals surface area contributed by atoms with E-state index in [2.05, 4.69) is 9.97 Å². The zero-order valence-corrected chi connectivity index (χ0v) is 14.7. The highest BCUT2D eigenvalue weighted by Gasteiger charge is 2.10. The van der Waals surface area contributed by atoms with Crippen molar-refractivity contribution < 1.29 is 9.53 Å². The molecule has 0 aliphatic rings. The molecule has 0 aliphatic heterocycles. The largest absolute Gasteiger partial charge is 0.492 e. The van der Waals surface area contributed by atoms with E-state index < -0.39 is 0 Å². The number of rotatable bonds is 7. The van der Waals surface area contributed by atoms with E-state index in [1.807, 2.05) is 55.5 Å². The highest BCUT2D eigenvalue weighted by molar-refractivity contribution is 5.77. The maximum Gasteiger partial charge on any atom is 0.222 e. The Hall–Kier alpha value is -2.82. The number of benzene rings is 2. The lowest BCUT2D eigenvalue weighted by atomic mass is 10.2. The molecule has 0 aliphatic carbocycles. The predicted molar refractivity (Wildman–Crippen MR) is 98.7 cm³/mol. The molecular weight excluding hydrogens is 314 g/mol. The fourth-order valence-corrected chi connectivity index (χ4v) is 2.60.